The van der Waals surface area contributed by atoms with Crippen molar-refractivity contribution in [3.05, 3.63) is 47.5 Å². The van der Waals surface area contributed by atoms with Crippen LogP contribution < -0.4 is 0 Å². The van der Waals surface area contributed by atoms with E-state index in [9.17, 15) is 9.90 Å². The number of ketones is 1. The fourth-order valence-corrected chi connectivity index (χ4v) is 5.79. The molecule has 1 fully saturated rings. The highest BCUT2D eigenvalue weighted by Crippen LogP contribution is 2.62. The lowest BCUT2D eigenvalue weighted by Gasteiger charge is -2.22. The summed E-state index contributed by atoms with van der Waals surface area (Å²) >= 11 is 1.70. The van der Waals surface area contributed by atoms with Gasteiger partial charge in [-0.05, 0) is 35.5 Å². The molecule has 0 radical (unpaired) electrons. The Morgan fingerprint density at radius 1 is 1.09 bits per heavy atom. The molecule has 0 saturated heterocycles. The van der Waals surface area contributed by atoms with E-state index in [4.69, 9.17) is 0 Å². The number of aromatic hydroxyl groups is 1. The summed E-state index contributed by atoms with van der Waals surface area (Å²) in [6, 6.07) is 7.90. The first-order valence-electron chi connectivity index (χ1n) is 7.76. The number of fused-ring (bicyclic) bond motifs is 8. The largest absolute Gasteiger partial charge is 0.507 e. The molecule has 0 amide bonds. The summed E-state index contributed by atoms with van der Waals surface area (Å²) in [6.07, 6.45) is 7.66. The van der Waals surface area contributed by atoms with Crippen LogP contribution in [0.4, 0.5) is 0 Å². The van der Waals surface area contributed by atoms with E-state index in [1.54, 1.807) is 11.8 Å². The average Bonchev–Trinajstić information content (AvgIpc) is 3.21. The van der Waals surface area contributed by atoms with Gasteiger partial charge in [0.05, 0.1) is 5.56 Å². The molecule has 3 heteroatoms. The molecule has 0 heterocycles. The van der Waals surface area contributed by atoms with Crippen molar-refractivity contribution < 1.29 is 9.90 Å². The molecule has 0 aromatic heterocycles. The van der Waals surface area contributed by atoms with Crippen molar-refractivity contribution in [2.45, 2.75) is 17.2 Å². The van der Waals surface area contributed by atoms with Crippen LogP contribution in [0.15, 0.2) is 41.3 Å². The van der Waals surface area contributed by atoms with E-state index in [1.165, 1.54) is 4.90 Å². The summed E-state index contributed by atoms with van der Waals surface area (Å²) in [5, 5.41) is 12.6. The van der Waals surface area contributed by atoms with Gasteiger partial charge in [-0.25, -0.2) is 0 Å². The lowest BCUT2D eigenvalue weighted by atomic mass is 9.83. The molecule has 110 valence electrons. The molecule has 1 N–H and O–H groups in total. The molecule has 2 nitrogen and oxygen atoms in total. The zero-order valence-corrected chi connectivity index (χ0v) is 13.1. The summed E-state index contributed by atoms with van der Waals surface area (Å²) in [7, 11) is 0. The van der Waals surface area contributed by atoms with Crippen LogP contribution in [0, 0.1) is 17.8 Å². The lowest BCUT2D eigenvalue weighted by Crippen LogP contribution is -2.18. The van der Waals surface area contributed by atoms with E-state index in [0.29, 0.717) is 17.4 Å². The monoisotopic (exact) mass is 308 g/mol. The number of carbonyl (C=O) groups is 1. The van der Waals surface area contributed by atoms with E-state index in [0.717, 1.165) is 22.8 Å². The average molecular weight is 308 g/mol. The van der Waals surface area contributed by atoms with Crippen molar-refractivity contribution in [2.24, 2.45) is 17.8 Å². The Bertz CT molecular complexity index is 867. The highest BCUT2D eigenvalue weighted by molar-refractivity contribution is 7.98. The first-order valence-corrected chi connectivity index (χ1v) is 8.99. The maximum atomic E-state index is 13.0. The summed E-state index contributed by atoms with van der Waals surface area (Å²) < 4.78 is 0. The third kappa shape index (κ3) is 1.32. The fourth-order valence-electron chi connectivity index (χ4n) is 4.94. The van der Waals surface area contributed by atoms with Gasteiger partial charge in [-0.3, -0.25) is 4.79 Å². The molecule has 22 heavy (non-hydrogen) atoms. The Labute approximate surface area is 133 Å². The number of Topliss-reactive ketones (excluding diaryl/α,β-unsaturated/α-hetero) is 1. The quantitative estimate of drug-likeness (QED) is 0.628. The minimum Gasteiger partial charge on any atom is -0.507 e. The Kier molecular flexibility index (Phi) is 2.42. The molecule has 0 aliphatic heterocycles. The Hall–Kier alpha value is -1.74. The molecule has 5 rings (SSSR count). The van der Waals surface area contributed by atoms with Gasteiger partial charge >= 0.3 is 0 Å². The van der Waals surface area contributed by atoms with Crippen LogP contribution in [0.5, 0.6) is 5.75 Å². The number of hydrogen-bond acceptors (Lipinski definition) is 3. The highest BCUT2D eigenvalue weighted by Gasteiger charge is 2.55. The topological polar surface area (TPSA) is 37.3 Å². The second-order valence-corrected chi connectivity index (χ2v) is 7.40. The molecule has 2 bridgehead atoms. The van der Waals surface area contributed by atoms with Crippen LogP contribution in [-0.2, 0) is 0 Å². The highest BCUT2D eigenvalue weighted by atomic mass is 32.2. The van der Waals surface area contributed by atoms with Crippen LogP contribution >= 0.6 is 11.8 Å². The fraction of sp³-hybridized carbons (Fsp3) is 0.316. The third-order valence-electron chi connectivity index (χ3n) is 5.72. The number of phenols is 1. The normalized spacial score (nSPS) is 31.0. The van der Waals surface area contributed by atoms with Crippen molar-refractivity contribution in [3.8, 4) is 5.75 Å². The predicted octanol–water partition coefficient (Wildman–Crippen LogP) is 4.37. The molecule has 0 unspecified atom stereocenters. The van der Waals surface area contributed by atoms with Gasteiger partial charge in [0.1, 0.15) is 5.75 Å². The summed E-state index contributed by atoms with van der Waals surface area (Å²) in [5.74, 6) is 1.52. The number of benzene rings is 2. The maximum absolute atomic E-state index is 13.0. The molecule has 3 aliphatic carbocycles. The standard InChI is InChI=1S/C19H16O2S/c1-22-19-12-5-3-2-4-11(12)17(20)16-15(19)13-9-6-7-10(8-9)14(13)18(16)21/h2-7,9-10,13-14,20H,8H2,1H3/t9-,10+,13-,14+/m1/s1. The molecule has 4 atom stereocenters. The zero-order chi connectivity index (χ0) is 15.0. The van der Waals surface area contributed by atoms with E-state index >= 15 is 0 Å². The Morgan fingerprint density at radius 3 is 2.50 bits per heavy atom. The van der Waals surface area contributed by atoms with E-state index < -0.39 is 0 Å². The van der Waals surface area contributed by atoms with Crippen molar-refractivity contribution in [1.82, 2.24) is 0 Å². The van der Waals surface area contributed by atoms with E-state index in [1.807, 2.05) is 18.2 Å². The summed E-state index contributed by atoms with van der Waals surface area (Å²) in [4.78, 5) is 14.2. The lowest BCUT2D eigenvalue weighted by molar-refractivity contribution is 0.0909. The van der Waals surface area contributed by atoms with Gasteiger partial charge in [0.25, 0.3) is 0 Å². The molecular formula is C19H16O2S. The van der Waals surface area contributed by atoms with Gasteiger partial charge in [0.15, 0.2) is 5.78 Å². The van der Waals surface area contributed by atoms with Crippen molar-refractivity contribution in [2.75, 3.05) is 6.26 Å². The van der Waals surface area contributed by atoms with Gasteiger partial charge in [0.2, 0.25) is 0 Å². The van der Waals surface area contributed by atoms with Crippen LogP contribution in [0.25, 0.3) is 10.8 Å². The van der Waals surface area contributed by atoms with Crippen LogP contribution in [-0.4, -0.2) is 17.1 Å². The molecule has 2 aromatic carbocycles. The van der Waals surface area contributed by atoms with Gasteiger partial charge in [0, 0.05) is 22.1 Å². The first kappa shape index (κ1) is 12.8. The van der Waals surface area contributed by atoms with Crippen LogP contribution in [0.1, 0.15) is 28.3 Å². The summed E-state index contributed by atoms with van der Waals surface area (Å²) in [6.45, 7) is 0. The molecule has 0 spiro atoms. The number of carbonyl (C=O) groups excluding carboxylic acids is 1. The minimum atomic E-state index is 0.0543. The van der Waals surface area contributed by atoms with Gasteiger partial charge < -0.3 is 5.11 Å². The van der Waals surface area contributed by atoms with Gasteiger partial charge in [-0.2, -0.15) is 0 Å². The predicted molar refractivity (Wildman–Crippen MR) is 88.7 cm³/mol. The third-order valence-corrected chi connectivity index (χ3v) is 6.57. The number of allylic oxidation sites excluding steroid dienone is 2. The van der Waals surface area contributed by atoms with Crippen LogP contribution in [0.2, 0.25) is 0 Å². The first-order chi connectivity index (χ1) is 10.7. The van der Waals surface area contributed by atoms with Crippen molar-refractivity contribution in [3.63, 3.8) is 0 Å². The minimum absolute atomic E-state index is 0.0543. The SMILES string of the molecule is CSc1c2c(c(O)c3ccccc13)C(=O)[C@@H]1[C@H]2[C@@H]2C=C[C@H]1C2. The second kappa shape index (κ2) is 4.17. The smallest absolute Gasteiger partial charge is 0.171 e. The number of hydrogen-bond donors (Lipinski definition) is 1. The maximum Gasteiger partial charge on any atom is 0.171 e. The van der Waals surface area contributed by atoms with Gasteiger partial charge in [-0.15, -0.1) is 11.8 Å². The van der Waals surface area contributed by atoms with Crippen molar-refractivity contribution in [1.29, 1.82) is 0 Å². The Morgan fingerprint density at radius 2 is 1.77 bits per heavy atom. The molecular weight excluding hydrogens is 292 g/mol. The molecule has 1 saturated carbocycles. The zero-order valence-electron chi connectivity index (χ0n) is 12.2. The van der Waals surface area contributed by atoms with Crippen molar-refractivity contribution >= 4 is 28.3 Å². The molecule has 3 aliphatic rings. The van der Waals surface area contributed by atoms with E-state index in [-0.39, 0.29) is 23.4 Å². The number of thioether (sulfide) groups is 1. The Balaban J connectivity index is 1.91. The number of phenolic OH excluding ortho intramolecular Hbond substituents is 1. The van der Waals surface area contributed by atoms with E-state index in [2.05, 4.69) is 24.5 Å². The van der Waals surface area contributed by atoms with Gasteiger partial charge in [-0.1, -0.05) is 36.4 Å². The second-order valence-electron chi connectivity index (χ2n) is 6.58. The van der Waals surface area contributed by atoms with Crippen LogP contribution in [0.3, 0.4) is 0 Å². The molecule has 2 aromatic rings. The number of rotatable bonds is 1. The summed E-state index contributed by atoms with van der Waals surface area (Å²) in [5.41, 5.74) is 1.73.